The quantitative estimate of drug-likeness (QED) is 0.248. The van der Waals surface area contributed by atoms with Crippen molar-refractivity contribution in [1.29, 1.82) is 0 Å². The second-order valence-electron chi connectivity index (χ2n) is 8.35. The molecule has 5 nitrogen and oxygen atoms in total. The number of thioether (sulfide) groups is 1. The van der Waals surface area contributed by atoms with Crippen molar-refractivity contribution in [3.8, 4) is 5.75 Å². The maximum absolute atomic E-state index is 13.6. The number of hydrogen-bond donors (Lipinski definition) is 1. The fraction of sp³-hybridized carbons (Fsp3) is 0.148. The summed E-state index contributed by atoms with van der Waals surface area (Å²) in [6.07, 6.45) is 3.65. The Morgan fingerprint density at radius 3 is 2.59 bits per heavy atom. The molecule has 0 radical (unpaired) electrons. The number of pyridine rings is 1. The molecule has 37 heavy (non-hydrogen) atoms. The molecule has 186 valence electrons. The van der Waals surface area contributed by atoms with Crippen molar-refractivity contribution in [2.75, 3.05) is 11.5 Å². The van der Waals surface area contributed by atoms with Crippen LogP contribution in [0.25, 0.3) is 23.1 Å². The van der Waals surface area contributed by atoms with E-state index in [9.17, 15) is 21.8 Å². The van der Waals surface area contributed by atoms with Crippen molar-refractivity contribution in [3.05, 3.63) is 106 Å². The molecule has 10 heteroatoms. The van der Waals surface area contributed by atoms with E-state index in [2.05, 4.69) is 4.98 Å². The maximum atomic E-state index is 13.6. The van der Waals surface area contributed by atoms with Gasteiger partial charge in [0.2, 0.25) is 0 Å². The molecule has 0 amide bonds. The number of fused-ring (bicyclic) bond motifs is 3. The third-order valence-electron chi connectivity index (χ3n) is 5.86. The zero-order valence-corrected chi connectivity index (χ0v) is 20.5. The second kappa shape index (κ2) is 11.6. The Morgan fingerprint density at radius 1 is 1.00 bits per heavy atom. The molecule has 1 aliphatic rings. The molecule has 3 aromatic carbocycles. The SMILES string of the molecule is O=S(=O)(O)CCSC1c2ccccc2COc2ccc(C=Cc3ccc4cc(F)c(F)cc4n3)cc21.[NaH]. The molecule has 1 atom stereocenters. The van der Waals surface area contributed by atoms with Gasteiger partial charge in [0.25, 0.3) is 10.1 Å². The van der Waals surface area contributed by atoms with Crippen LogP contribution in [0.4, 0.5) is 8.78 Å². The Bertz CT molecular complexity index is 1600. The summed E-state index contributed by atoms with van der Waals surface area (Å²) in [5, 5.41) is 0.321. The molecule has 0 bridgehead atoms. The third-order valence-corrected chi connectivity index (χ3v) is 8.12. The Morgan fingerprint density at radius 2 is 1.78 bits per heavy atom. The van der Waals surface area contributed by atoms with Crippen LogP contribution in [0.5, 0.6) is 5.75 Å². The number of benzene rings is 3. The number of hydrogen-bond acceptors (Lipinski definition) is 5. The Labute approximate surface area is 240 Å². The normalized spacial score (nSPS) is 14.9. The molecule has 4 aromatic rings. The van der Waals surface area contributed by atoms with Crippen LogP contribution in [-0.4, -0.2) is 59.0 Å². The molecule has 0 spiro atoms. The van der Waals surface area contributed by atoms with Gasteiger partial charge in [-0.1, -0.05) is 42.5 Å². The van der Waals surface area contributed by atoms with Gasteiger partial charge in [-0.25, -0.2) is 13.8 Å². The van der Waals surface area contributed by atoms with E-state index in [-0.39, 0.29) is 46.3 Å². The molecular weight excluding hydrogens is 527 g/mol. The number of rotatable bonds is 6. The summed E-state index contributed by atoms with van der Waals surface area (Å²) in [4.78, 5) is 4.40. The average Bonchev–Trinajstić information content (AvgIpc) is 3.00. The first kappa shape index (κ1) is 27.8. The van der Waals surface area contributed by atoms with E-state index in [1.165, 1.54) is 11.8 Å². The molecule has 0 saturated heterocycles. The van der Waals surface area contributed by atoms with Crippen molar-refractivity contribution in [1.82, 2.24) is 4.98 Å². The number of nitrogens with zero attached hydrogens (tertiary/aromatic N) is 1. The first-order chi connectivity index (χ1) is 17.3. The fourth-order valence-electron chi connectivity index (χ4n) is 4.11. The molecule has 5 rings (SSSR count). The van der Waals surface area contributed by atoms with Crippen molar-refractivity contribution in [3.63, 3.8) is 0 Å². The zero-order chi connectivity index (χ0) is 25.3. The molecule has 0 saturated carbocycles. The van der Waals surface area contributed by atoms with Gasteiger partial charge in [-0.2, -0.15) is 8.42 Å². The summed E-state index contributed by atoms with van der Waals surface area (Å²) < 4.78 is 64.9. The van der Waals surface area contributed by atoms with Gasteiger partial charge in [-0.15, -0.1) is 11.8 Å². The number of aromatic nitrogens is 1. The van der Waals surface area contributed by atoms with Gasteiger partial charge in [0.1, 0.15) is 12.4 Å². The zero-order valence-electron chi connectivity index (χ0n) is 18.9. The molecule has 1 N–H and O–H groups in total. The van der Waals surface area contributed by atoms with Crippen molar-refractivity contribution >= 4 is 74.5 Å². The summed E-state index contributed by atoms with van der Waals surface area (Å²) in [6, 6.07) is 19.2. The standard InChI is InChI=1S/C27H21F2NO4S2.Na.H/c28-23-14-18-7-9-20(30-25(18)15-24(23)29)8-5-17-6-10-26-22(13-17)27(35-11-12-36(31,32)33)21-4-2-1-3-19(21)16-34-26;;/h1-10,13-15,27H,11-12,16H2,(H,31,32,33);;. The Hall–Kier alpha value is -2.27. The van der Waals surface area contributed by atoms with E-state index in [4.69, 9.17) is 4.74 Å². The van der Waals surface area contributed by atoms with Crippen molar-refractivity contribution < 1.29 is 26.5 Å². The summed E-state index contributed by atoms with van der Waals surface area (Å²) in [7, 11) is -4.07. The van der Waals surface area contributed by atoms with Crippen LogP contribution < -0.4 is 4.74 Å². The van der Waals surface area contributed by atoms with Crippen molar-refractivity contribution in [2.24, 2.45) is 0 Å². The molecular formula is C27H22F2NNaO4S2. The van der Waals surface area contributed by atoms with Gasteiger partial charge in [0, 0.05) is 22.8 Å². The topological polar surface area (TPSA) is 76.5 Å². The van der Waals surface area contributed by atoms with E-state index < -0.39 is 21.8 Å². The van der Waals surface area contributed by atoms with Gasteiger partial charge in [-0.05, 0) is 47.0 Å². The Kier molecular flexibility index (Phi) is 8.73. The minimum absolute atomic E-state index is 0. The summed E-state index contributed by atoms with van der Waals surface area (Å²) in [6.45, 7) is 0.395. The Balaban J connectivity index is 0.00000320. The average molecular weight is 550 g/mol. The van der Waals surface area contributed by atoms with Crippen LogP contribution in [0.1, 0.15) is 33.2 Å². The van der Waals surface area contributed by atoms with Crippen LogP contribution in [0.2, 0.25) is 0 Å². The molecule has 1 unspecified atom stereocenters. The van der Waals surface area contributed by atoms with E-state index >= 15 is 0 Å². The van der Waals surface area contributed by atoms with Crippen LogP contribution >= 0.6 is 11.8 Å². The van der Waals surface area contributed by atoms with Gasteiger partial charge >= 0.3 is 29.6 Å². The monoisotopic (exact) mass is 549 g/mol. The third kappa shape index (κ3) is 6.60. The van der Waals surface area contributed by atoms with Crippen LogP contribution in [0.15, 0.2) is 66.7 Å². The van der Waals surface area contributed by atoms with Crippen molar-refractivity contribution in [2.45, 2.75) is 11.9 Å². The van der Waals surface area contributed by atoms with Gasteiger partial charge in [0.15, 0.2) is 11.6 Å². The summed E-state index contributed by atoms with van der Waals surface area (Å²) in [5.41, 5.74) is 4.75. The number of ether oxygens (including phenoxy) is 1. The predicted molar refractivity (Wildman–Crippen MR) is 146 cm³/mol. The van der Waals surface area contributed by atoms with E-state index in [0.717, 1.165) is 34.4 Å². The summed E-state index contributed by atoms with van der Waals surface area (Å²) in [5.74, 6) is -1.28. The predicted octanol–water partition coefficient (Wildman–Crippen LogP) is 5.64. The second-order valence-corrected chi connectivity index (χ2v) is 11.1. The van der Waals surface area contributed by atoms with Crippen LogP contribution in [0, 0.1) is 11.6 Å². The first-order valence-electron chi connectivity index (χ1n) is 11.1. The van der Waals surface area contributed by atoms with Crippen LogP contribution in [-0.2, 0) is 16.7 Å². The molecule has 2 heterocycles. The molecule has 1 aliphatic heterocycles. The first-order valence-corrected chi connectivity index (χ1v) is 13.8. The minimum atomic E-state index is -4.07. The van der Waals surface area contributed by atoms with Gasteiger partial charge in [-0.3, -0.25) is 4.55 Å². The number of halogens is 2. The van der Waals surface area contributed by atoms with Gasteiger partial charge in [0.05, 0.1) is 22.2 Å². The van der Waals surface area contributed by atoms with Gasteiger partial charge < -0.3 is 4.74 Å². The van der Waals surface area contributed by atoms with E-state index in [0.29, 0.717) is 29.0 Å². The molecule has 1 aromatic heterocycles. The molecule has 0 aliphatic carbocycles. The van der Waals surface area contributed by atoms with Crippen LogP contribution in [0.3, 0.4) is 0 Å². The fourth-order valence-corrected chi connectivity index (χ4v) is 6.35. The summed E-state index contributed by atoms with van der Waals surface area (Å²) >= 11 is 1.43. The molecule has 0 fully saturated rings. The van der Waals surface area contributed by atoms with E-state index in [1.54, 1.807) is 18.2 Å². The van der Waals surface area contributed by atoms with E-state index in [1.807, 2.05) is 48.5 Å².